The van der Waals surface area contributed by atoms with Crippen molar-refractivity contribution in [3.63, 3.8) is 0 Å². The fourth-order valence-electron chi connectivity index (χ4n) is 2.11. The molecule has 2 rings (SSSR count). The third-order valence-electron chi connectivity index (χ3n) is 3.21. The Morgan fingerprint density at radius 3 is 2.83 bits per heavy atom. The first-order chi connectivity index (χ1) is 11.0. The number of aromatic nitrogens is 4. The highest BCUT2D eigenvalue weighted by Gasteiger charge is 2.24. The highest BCUT2D eigenvalue weighted by Crippen LogP contribution is 2.16. The van der Waals surface area contributed by atoms with E-state index in [0.717, 1.165) is 0 Å². The number of tetrazole rings is 1. The molecule has 122 valence electrons. The van der Waals surface area contributed by atoms with E-state index >= 15 is 0 Å². The molecule has 1 unspecified atom stereocenters. The van der Waals surface area contributed by atoms with E-state index in [1.165, 1.54) is 16.8 Å². The van der Waals surface area contributed by atoms with Gasteiger partial charge < -0.3 is 10.4 Å². The van der Waals surface area contributed by atoms with Gasteiger partial charge in [0.2, 0.25) is 5.91 Å². The number of benzene rings is 1. The average Bonchev–Trinajstić information content (AvgIpc) is 2.90. The molecule has 0 bridgehead atoms. The molecule has 1 aromatic carbocycles. The first-order valence-electron chi connectivity index (χ1n) is 6.96. The van der Waals surface area contributed by atoms with Crippen LogP contribution in [0.4, 0.5) is 4.39 Å². The maximum Gasteiger partial charge on any atom is 0.305 e. The molecule has 0 saturated carbocycles. The van der Waals surface area contributed by atoms with Gasteiger partial charge in [-0.25, -0.2) is 9.07 Å². The molecule has 0 saturated heterocycles. The first kappa shape index (κ1) is 16.5. The van der Waals surface area contributed by atoms with Gasteiger partial charge in [-0.15, -0.1) is 5.10 Å². The molecule has 0 aliphatic rings. The monoisotopic (exact) mass is 321 g/mol. The van der Waals surface area contributed by atoms with Crippen LogP contribution in [-0.4, -0.2) is 43.7 Å². The Hall–Kier alpha value is -2.84. The van der Waals surface area contributed by atoms with Crippen LogP contribution in [0, 0.1) is 12.7 Å². The summed E-state index contributed by atoms with van der Waals surface area (Å²) in [5.41, 5.74) is 0.610. The van der Waals surface area contributed by atoms with Gasteiger partial charge in [-0.1, -0.05) is 12.1 Å². The summed E-state index contributed by atoms with van der Waals surface area (Å²) in [5, 5.41) is 22.2. The van der Waals surface area contributed by atoms with E-state index in [9.17, 15) is 14.0 Å². The molecule has 2 aromatic rings. The molecule has 0 fully saturated rings. The number of halogens is 1. The van der Waals surface area contributed by atoms with Crippen molar-refractivity contribution in [2.75, 3.05) is 6.54 Å². The molecule has 0 aliphatic heterocycles. The van der Waals surface area contributed by atoms with Crippen LogP contribution < -0.4 is 5.32 Å². The molecule has 1 aromatic heterocycles. The topological polar surface area (TPSA) is 110 Å². The van der Waals surface area contributed by atoms with Crippen molar-refractivity contribution >= 4 is 11.9 Å². The molecule has 0 aliphatic carbocycles. The van der Waals surface area contributed by atoms with Crippen LogP contribution in [-0.2, 0) is 16.0 Å². The number of carboxylic acids is 1. The highest BCUT2D eigenvalue weighted by molar-refractivity contribution is 5.81. The number of nitrogens with zero attached hydrogens (tertiary/aromatic N) is 4. The summed E-state index contributed by atoms with van der Waals surface area (Å²) >= 11 is 0. The SMILES string of the molecule is Cc1nnnn1C(Cc1cccc(F)c1)C(=O)NCCC(=O)O. The van der Waals surface area contributed by atoms with E-state index < -0.39 is 23.7 Å². The quantitative estimate of drug-likeness (QED) is 0.768. The Morgan fingerprint density at radius 2 is 2.22 bits per heavy atom. The van der Waals surface area contributed by atoms with Crippen LogP contribution >= 0.6 is 0 Å². The lowest BCUT2D eigenvalue weighted by Gasteiger charge is -2.17. The van der Waals surface area contributed by atoms with Gasteiger partial charge in [0.1, 0.15) is 17.7 Å². The van der Waals surface area contributed by atoms with Gasteiger partial charge in [0.15, 0.2) is 0 Å². The molecule has 0 spiro atoms. The van der Waals surface area contributed by atoms with E-state index in [-0.39, 0.29) is 19.4 Å². The maximum atomic E-state index is 13.3. The van der Waals surface area contributed by atoms with Crippen LogP contribution in [0.25, 0.3) is 0 Å². The number of hydrogen-bond acceptors (Lipinski definition) is 5. The standard InChI is InChI=1S/C14H16FN5O3/c1-9-17-18-19-20(9)12(14(23)16-6-5-13(21)22)8-10-3-2-4-11(15)7-10/h2-4,7,12H,5-6,8H2,1H3,(H,16,23)(H,21,22). The van der Waals surface area contributed by atoms with Crippen LogP contribution in [0.15, 0.2) is 24.3 Å². The molecule has 1 amide bonds. The molecule has 8 nitrogen and oxygen atoms in total. The van der Waals surface area contributed by atoms with Crippen LogP contribution in [0.2, 0.25) is 0 Å². The molecule has 1 heterocycles. The number of amides is 1. The van der Waals surface area contributed by atoms with Gasteiger partial charge in [-0.05, 0) is 35.0 Å². The van der Waals surface area contributed by atoms with Crippen LogP contribution in [0.1, 0.15) is 23.9 Å². The summed E-state index contributed by atoms with van der Waals surface area (Å²) in [5.74, 6) is -1.41. The number of rotatable bonds is 7. The number of carbonyl (C=O) groups is 2. The normalized spacial score (nSPS) is 11.9. The van der Waals surface area contributed by atoms with Gasteiger partial charge in [-0.3, -0.25) is 9.59 Å². The molecule has 1 atom stereocenters. The minimum absolute atomic E-state index is 0.00497. The van der Waals surface area contributed by atoms with Crippen molar-refractivity contribution in [2.24, 2.45) is 0 Å². The van der Waals surface area contributed by atoms with Crippen molar-refractivity contribution in [2.45, 2.75) is 25.8 Å². The molecule has 2 N–H and O–H groups in total. The predicted molar refractivity (Wildman–Crippen MR) is 77.0 cm³/mol. The molecule has 0 radical (unpaired) electrons. The Labute approximate surface area is 131 Å². The van der Waals surface area contributed by atoms with Crippen LogP contribution in [0.3, 0.4) is 0 Å². The molecular weight excluding hydrogens is 305 g/mol. The van der Waals surface area contributed by atoms with Crippen molar-refractivity contribution in [1.82, 2.24) is 25.5 Å². The number of hydrogen-bond donors (Lipinski definition) is 2. The Balaban J connectivity index is 2.17. The number of aryl methyl sites for hydroxylation is 1. The summed E-state index contributed by atoms with van der Waals surface area (Å²) in [6, 6.07) is 5.10. The van der Waals surface area contributed by atoms with Crippen molar-refractivity contribution in [1.29, 1.82) is 0 Å². The van der Waals surface area contributed by atoms with Crippen molar-refractivity contribution < 1.29 is 19.1 Å². The third-order valence-corrected chi connectivity index (χ3v) is 3.21. The first-order valence-corrected chi connectivity index (χ1v) is 6.96. The van der Waals surface area contributed by atoms with Gasteiger partial charge in [-0.2, -0.15) is 0 Å². The smallest absolute Gasteiger partial charge is 0.305 e. The summed E-state index contributed by atoms with van der Waals surface area (Å²) < 4.78 is 14.7. The van der Waals surface area contributed by atoms with E-state index in [1.807, 2.05) is 0 Å². The van der Waals surface area contributed by atoms with Gasteiger partial charge in [0.25, 0.3) is 0 Å². The number of aliphatic carboxylic acids is 1. The largest absolute Gasteiger partial charge is 0.481 e. The lowest BCUT2D eigenvalue weighted by molar-refractivity contribution is -0.137. The molecule has 9 heteroatoms. The van der Waals surface area contributed by atoms with E-state index in [1.54, 1.807) is 19.1 Å². The lowest BCUT2D eigenvalue weighted by atomic mass is 10.0. The van der Waals surface area contributed by atoms with E-state index in [4.69, 9.17) is 5.11 Å². The highest BCUT2D eigenvalue weighted by atomic mass is 19.1. The summed E-state index contributed by atoms with van der Waals surface area (Å²) in [4.78, 5) is 22.9. The fourth-order valence-corrected chi connectivity index (χ4v) is 2.11. The zero-order chi connectivity index (χ0) is 16.8. The third kappa shape index (κ3) is 4.56. The minimum Gasteiger partial charge on any atom is -0.481 e. The minimum atomic E-state index is -1.01. The Bertz CT molecular complexity index is 703. The second kappa shape index (κ2) is 7.43. The zero-order valence-electron chi connectivity index (χ0n) is 12.4. The maximum absolute atomic E-state index is 13.3. The van der Waals surface area contributed by atoms with Gasteiger partial charge >= 0.3 is 5.97 Å². The lowest BCUT2D eigenvalue weighted by Crippen LogP contribution is -2.36. The van der Waals surface area contributed by atoms with Gasteiger partial charge in [0.05, 0.1) is 6.42 Å². The fraction of sp³-hybridized carbons (Fsp3) is 0.357. The molecular formula is C14H16FN5O3. The van der Waals surface area contributed by atoms with E-state index in [0.29, 0.717) is 11.4 Å². The number of carboxylic acid groups (broad SMARTS) is 1. The van der Waals surface area contributed by atoms with E-state index in [2.05, 4.69) is 20.8 Å². The molecule has 23 heavy (non-hydrogen) atoms. The average molecular weight is 321 g/mol. The predicted octanol–water partition coefficient (Wildman–Crippen LogP) is 0.495. The second-order valence-electron chi connectivity index (χ2n) is 4.96. The summed E-state index contributed by atoms with van der Waals surface area (Å²) in [7, 11) is 0. The van der Waals surface area contributed by atoms with Crippen molar-refractivity contribution in [3.05, 3.63) is 41.5 Å². The summed E-state index contributed by atoms with van der Waals surface area (Å²) in [6.07, 6.45) is -0.00441. The number of carbonyl (C=O) groups excluding carboxylic acids is 1. The van der Waals surface area contributed by atoms with Crippen LogP contribution in [0.5, 0.6) is 0 Å². The van der Waals surface area contributed by atoms with Crippen molar-refractivity contribution in [3.8, 4) is 0 Å². The Morgan fingerprint density at radius 1 is 1.43 bits per heavy atom. The number of nitrogens with one attached hydrogen (secondary N) is 1. The second-order valence-corrected chi connectivity index (χ2v) is 4.96. The Kier molecular flexibility index (Phi) is 5.34. The van der Waals surface area contributed by atoms with Gasteiger partial charge in [0, 0.05) is 13.0 Å². The zero-order valence-corrected chi connectivity index (χ0v) is 12.4. The summed E-state index contributed by atoms with van der Waals surface area (Å²) in [6.45, 7) is 1.64.